The average Bonchev–Trinajstić information content (AvgIpc) is 2.83. The van der Waals surface area contributed by atoms with Crippen LogP contribution in [0, 0.1) is 6.92 Å². The third-order valence-corrected chi connectivity index (χ3v) is 6.32. The first-order valence-corrected chi connectivity index (χ1v) is 12.7. The molecule has 1 atom stereocenters. The molecule has 0 bridgehead atoms. The molecule has 3 rings (SSSR count). The van der Waals surface area contributed by atoms with Gasteiger partial charge >= 0.3 is 24.8 Å². The second kappa shape index (κ2) is 14.4. The predicted molar refractivity (Wildman–Crippen MR) is 146 cm³/mol. The minimum atomic E-state index is -1.04. The number of thioether (sulfide) groups is 1. The van der Waals surface area contributed by atoms with Crippen molar-refractivity contribution in [2.24, 2.45) is 0 Å². The summed E-state index contributed by atoms with van der Waals surface area (Å²) in [6.45, 7) is 2.79. The number of carboxylic acids is 1. The van der Waals surface area contributed by atoms with E-state index in [0.29, 0.717) is 36.0 Å². The van der Waals surface area contributed by atoms with E-state index >= 15 is 0 Å². The van der Waals surface area contributed by atoms with Gasteiger partial charge < -0.3 is 15.2 Å². The van der Waals surface area contributed by atoms with Gasteiger partial charge in [-0.2, -0.15) is 11.8 Å². The summed E-state index contributed by atoms with van der Waals surface area (Å²) >= 11 is 7.48. The molecule has 0 fully saturated rings. The fraction of sp³-hybridized carbons (Fsp3) is 0.259. The van der Waals surface area contributed by atoms with Crippen molar-refractivity contribution in [2.45, 2.75) is 32.6 Å². The van der Waals surface area contributed by atoms with E-state index in [0.717, 1.165) is 27.8 Å². The molecule has 0 aromatic heterocycles. The van der Waals surface area contributed by atoms with Crippen LogP contribution in [-0.2, 0) is 22.7 Å². The molecule has 0 aliphatic carbocycles. The van der Waals surface area contributed by atoms with Gasteiger partial charge in [0.1, 0.15) is 6.04 Å². The number of benzene rings is 3. The number of nitrogens with one attached hydrogen (secondary N) is 1. The van der Waals surface area contributed by atoms with Crippen LogP contribution < -0.4 is 5.32 Å². The quantitative estimate of drug-likeness (QED) is 0.345. The van der Waals surface area contributed by atoms with Crippen molar-refractivity contribution in [3.8, 4) is 11.1 Å². The van der Waals surface area contributed by atoms with Crippen LogP contribution in [0.15, 0.2) is 66.7 Å². The fourth-order valence-electron chi connectivity index (χ4n) is 3.57. The topological polar surface area (TPSA) is 75.6 Å². The fourth-order valence-corrected chi connectivity index (χ4v) is 4.17. The van der Waals surface area contributed by atoms with E-state index in [-0.39, 0.29) is 18.9 Å². The van der Waals surface area contributed by atoms with Crippen LogP contribution in [0.25, 0.3) is 11.1 Å². The zero-order valence-electron chi connectivity index (χ0n) is 19.2. The zero-order valence-corrected chi connectivity index (χ0v) is 20.8. The van der Waals surface area contributed by atoms with Gasteiger partial charge in [-0.15, -0.1) is 0 Å². The van der Waals surface area contributed by atoms with Crippen LogP contribution in [0.5, 0.6) is 0 Å². The number of amides is 1. The summed E-state index contributed by atoms with van der Waals surface area (Å²) in [5.74, 6) is -0.793. The SMILES string of the molecule is CSCCC(NC(=O)c1ccc(COCc2ccc(Cl)cc2)cc1-c1ccccc1C)C(=O)O.[LiH]. The summed E-state index contributed by atoms with van der Waals surface area (Å²) in [7, 11) is 0. The number of aryl methyl sites for hydroxylation is 1. The van der Waals surface area contributed by atoms with Crippen LogP contribution >= 0.6 is 23.4 Å². The molecule has 0 saturated carbocycles. The van der Waals surface area contributed by atoms with E-state index in [2.05, 4.69) is 5.32 Å². The van der Waals surface area contributed by atoms with Crippen LogP contribution in [0.1, 0.15) is 33.5 Å². The first-order valence-electron chi connectivity index (χ1n) is 10.9. The molecule has 3 aromatic rings. The Morgan fingerprint density at radius 3 is 2.31 bits per heavy atom. The van der Waals surface area contributed by atoms with Crippen LogP contribution in [0.3, 0.4) is 0 Å². The Morgan fingerprint density at radius 1 is 1.00 bits per heavy atom. The van der Waals surface area contributed by atoms with Crippen molar-refractivity contribution in [1.82, 2.24) is 5.32 Å². The van der Waals surface area contributed by atoms with E-state index in [4.69, 9.17) is 16.3 Å². The third kappa shape index (κ3) is 8.45. The summed E-state index contributed by atoms with van der Waals surface area (Å²) in [4.78, 5) is 24.8. The summed E-state index contributed by atoms with van der Waals surface area (Å²) in [6, 6.07) is 19.9. The predicted octanol–water partition coefficient (Wildman–Crippen LogP) is 5.32. The summed E-state index contributed by atoms with van der Waals surface area (Å²) in [5, 5.41) is 12.9. The standard InChI is InChI=1S/C27H28ClNO4S.Li.H/c1-18-5-3-4-6-22(18)24-15-20(17-33-16-19-7-10-21(28)11-8-19)9-12-23(24)26(30)29-25(27(31)32)13-14-34-2;;/h3-12,15,25H,13-14,16-17H2,1-2H3,(H,29,30)(H,31,32);;. The monoisotopic (exact) mass is 505 g/mol. The van der Waals surface area contributed by atoms with E-state index in [1.165, 1.54) is 0 Å². The molecule has 2 N–H and O–H groups in total. The van der Waals surface area contributed by atoms with E-state index < -0.39 is 17.9 Å². The Bertz CT molecular complexity index is 1140. The third-order valence-electron chi connectivity index (χ3n) is 5.43. The molecule has 180 valence electrons. The number of ether oxygens (including phenoxy) is 1. The van der Waals surface area contributed by atoms with Gasteiger partial charge in [-0.3, -0.25) is 4.79 Å². The summed E-state index contributed by atoms with van der Waals surface area (Å²) in [6.07, 6.45) is 2.27. The number of rotatable bonds is 11. The number of halogens is 1. The van der Waals surface area contributed by atoms with Gasteiger partial charge in [0.05, 0.1) is 13.2 Å². The Morgan fingerprint density at radius 2 is 1.66 bits per heavy atom. The van der Waals surface area contributed by atoms with Gasteiger partial charge in [0.2, 0.25) is 0 Å². The Balaban J connectivity index is 0.00000432. The van der Waals surface area contributed by atoms with E-state index in [1.54, 1.807) is 17.8 Å². The van der Waals surface area contributed by atoms with Crippen molar-refractivity contribution in [1.29, 1.82) is 0 Å². The molecule has 0 aliphatic rings. The first-order chi connectivity index (χ1) is 16.4. The van der Waals surface area contributed by atoms with Gasteiger partial charge in [0.25, 0.3) is 5.91 Å². The van der Waals surface area contributed by atoms with Crippen molar-refractivity contribution in [3.05, 3.63) is 94.0 Å². The van der Waals surface area contributed by atoms with E-state index in [9.17, 15) is 14.7 Å². The molecule has 3 aromatic carbocycles. The van der Waals surface area contributed by atoms with Crippen LogP contribution in [0.2, 0.25) is 5.02 Å². The number of carboxylic acid groups (broad SMARTS) is 1. The van der Waals surface area contributed by atoms with Gasteiger partial charge in [0, 0.05) is 10.6 Å². The Labute approximate surface area is 227 Å². The summed E-state index contributed by atoms with van der Waals surface area (Å²) < 4.78 is 5.88. The number of aliphatic carboxylic acids is 1. The second-order valence-corrected chi connectivity index (χ2v) is 9.38. The molecule has 0 radical (unpaired) electrons. The number of hydrogen-bond donors (Lipinski definition) is 2. The number of hydrogen-bond acceptors (Lipinski definition) is 4. The first kappa shape index (κ1) is 29.0. The van der Waals surface area contributed by atoms with Crippen molar-refractivity contribution in [2.75, 3.05) is 12.0 Å². The molecule has 8 heteroatoms. The second-order valence-electron chi connectivity index (χ2n) is 7.96. The van der Waals surface area contributed by atoms with Gasteiger partial charge in [-0.1, -0.05) is 54.1 Å². The Hall–Kier alpha value is -2.20. The van der Waals surface area contributed by atoms with Crippen molar-refractivity contribution in [3.63, 3.8) is 0 Å². The molecule has 1 unspecified atom stereocenters. The molecule has 0 heterocycles. The molecule has 0 spiro atoms. The summed E-state index contributed by atoms with van der Waals surface area (Å²) in [5.41, 5.74) is 5.06. The van der Waals surface area contributed by atoms with Crippen LogP contribution in [-0.4, -0.2) is 53.9 Å². The number of carbonyl (C=O) groups is 2. The van der Waals surface area contributed by atoms with E-state index in [1.807, 2.05) is 73.8 Å². The maximum absolute atomic E-state index is 13.1. The van der Waals surface area contributed by atoms with Gasteiger partial charge in [-0.25, -0.2) is 4.79 Å². The number of carbonyl (C=O) groups excluding carboxylic acids is 1. The molecular formula is C27H29ClLiNO4S. The molecule has 0 saturated heterocycles. The molecule has 1 amide bonds. The van der Waals surface area contributed by atoms with Gasteiger partial charge in [-0.05, 0) is 77.4 Å². The van der Waals surface area contributed by atoms with Crippen LogP contribution in [0.4, 0.5) is 0 Å². The molecule has 0 aliphatic heterocycles. The Kier molecular flexibility index (Phi) is 11.9. The molecule has 35 heavy (non-hydrogen) atoms. The maximum atomic E-state index is 13.1. The van der Waals surface area contributed by atoms with Crippen molar-refractivity contribution < 1.29 is 19.4 Å². The normalized spacial score (nSPS) is 11.4. The average molecular weight is 506 g/mol. The minimum absolute atomic E-state index is 0. The molecule has 5 nitrogen and oxygen atoms in total. The van der Waals surface area contributed by atoms with Crippen molar-refractivity contribution >= 4 is 54.1 Å². The molecular weight excluding hydrogens is 477 g/mol. The zero-order chi connectivity index (χ0) is 24.5. The van der Waals surface area contributed by atoms with Gasteiger partial charge in [0.15, 0.2) is 0 Å².